The van der Waals surface area contributed by atoms with Crippen LogP contribution in [0, 0.1) is 0 Å². The molecule has 128 valence electrons. The zero-order chi connectivity index (χ0) is 18.7. The highest BCUT2D eigenvalue weighted by atomic mass is 16.3. The van der Waals surface area contributed by atoms with Gasteiger partial charge in [0.1, 0.15) is 5.75 Å². The minimum Gasteiger partial charge on any atom is -0.508 e. The van der Waals surface area contributed by atoms with Gasteiger partial charge in [0.15, 0.2) is 0 Å². The standard InChI is InChI=1S/C15H10N2O2.C6H6O/c18-11-16-15(17-12-19,13-7-3-1-4-8-13)14-9-5-2-6-10-14;7-6-4-2-1-3-5-6/h1-10H;1-5,7H. The van der Waals surface area contributed by atoms with E-state index in [4.69, 9.17) is 5.11 Å². The summed E-state index contributed by atoms with van der Waals surface area (Å²) >= 11 is 0. The Bertz CT molecular complexity index is 840. The highest BCUT2D eigenvalue weighted by Crippen LogP contribution is 2.34. The van der Waals surface area contributed by atoms with Crippen molar-refractivity contribution in [3.8, 4) is 5.75 Å². The van der Waals surface area contributed by atoms with Crippen molar-refractivity contribution >= 4 is 12.2 Å². The van der Waals surface area contributed by atoms with Gasteiger partial charge in [-0.2, -0.15) is 9.98 Å². The molecular weight excluding hydrogens is 328 g/mol. The maximum Gasteiger partial charge on any atom is 0.238 e. The molecule has 0 saturated heterocycles. The van der Waals surface area contributed by atoms with Crippen molar-refractivity contribution in [3.05, 3.63) is 102 Å². The normalized spacial score (nSPS) is 9.69. The first-order valence-electron chi connectivity index (χ1n) is 7.76. The van der Waals surface area contributed by atoms with Gasteiger partial charge in [0.05, 0.1) is 0 Å². The van der Waals surface area contributed by atoms with Gasteiger partial charge in [-0.1, -0.05) is 78.9 Å². The van der Waals surface area contributed by atoms with E-state index in [9.17, 15) is 9.59 Å². The van der Waals surface area contributed by atoms with Crippen LogP contribution in [0.5, 0.6) is 5.75 Å². The fourth-order valence-electron chi connectivity index (χ4n) is 2.35. The smallest absolute Gasteiger partial charge is 0.238 e. The molecule has 0 aliphatic carbocycles. The van der Waals surface area contributed by atoms with E-state index in [0.717, 1.165) is 0 Å². The fourth-order valence-corrected chi connectivity index (χ4v) is 2.35. The average Bonchev–Trinajstić information content (AvgIpc) is 2.70. The number of phenols is 1. The molecule has 3 aromatic rings. The molecule has 0 aliphatic rings. The summed E-state index contributed by atoms with van der Waals surface area (Å²) < 4.78 is 0. The molecule has 0 bridgehead atoms. The lowest BCUT2D eigenvalue weighted by Gasteiger charge is -2.22. The van der Waals surface area contributed by atoms with Crippen molar-refractivity contribution in [1.29, 1.82) is 0 Å². The zero-order valence-electron chi connectivity index (χ0n) is 13.8. The fraction of sp³-hybridized carbons (Fsp3) is 0.0476. The van der Waals surface area contributed by atoms with Crippen LogP contribution in [-0.4, -0.2) is 17.3 Å². The number of isocyanates is 2. The third-order valence-electron chi connectivity index (χ3n) is 3.52. The Morgan fingerprint density at radius 3 is 1.23 bits per heavy atom. The van der Waals surface area contributed by atoms with Gasteiger partial charge < -0.3 is 5.11 Å². The summed E-state index contributed by atoms with van der Waals surface area (Å²) in [4.78, 5) is 29.0. The van der Waals surface area contributed by atoms with E-state index >= 15 is 0 Å². The van der Waals surface area contributed by atoms with E-state index in [2.05, 4.69) is 9.98 Å². The summed E-state index contributed by atoms with van der Waals surface area (Å²) in [5, 5.41) is 8.63. The highest BCUT2D eigenvalue weighted by molar-refractivity contribution is 5.49. The first-order valence-corrected chi connectivity index (χ1v) is 7.76. The summed E-state index contributed by atoms with van der Waals surface area (Å²) in [6.45, 7) is 0. The Balaban J connectivity index is 0.000000290. The van der Waals surface area contributed by atoms with Gasteiger partial charge in [-0.15, -0.1) is 0 Å². The van der Waals surface area contributed by atoms with Crippen LogP contribution >= 0.6 is 0 Å². The highest BCUT2D eigenvalue weighted by Gasteiger charge is 2.33. The third kappa shape index (κ3) is 4.62. The number of aromatic hydroxyl groups is 1. The molecule has 26 heavy (non-hydrogen) atoms. The molecule has 0 radical (unpaired) electrons. The van der Waals surface area contributed by atoms with Crippen LogP contribution in [0.3, 0.4) is 0 Å². The lowest BCUT2D eigenvalue weighted by molar-refractivity contribution is 0.475. The summed E-state index contributed by atoms with van der Waals surface area (Å²) in [6, 6.07) is 26.5. The van der Waals surface area contributed by atoms with E-state index in [1.54, 1.807) is 72.8 Å². The van der Waals surface area contributed by atoms with Crippen LogP contribution in [-0.2, 0) is 15.3 Å². The number of para-hydroxylation sites is 1. The number of hydrogen-bond donors (Lipinski definition) is 1. The number of hydrogen-bond acceptors (Lipinski definition) is 5. The number of nitrogens with zero attached hydrogens (tertiary/aromatic N) is 2. The summed E-state index contributed by atoms with van der Waals surface area (Å²) in [5.41, 5.74) is -0.202. The van der Waals surface area contributed by atoms with Crippen molar-refractivity contribution in [2.45, 2.75) is 5.66 Å². The second-order valence-electron chi connectivity index (χ2n) is 5.15. The minimum absolute atomic E-state index is 0.322. The van der Waals surface area contributed by atoms with E-state index in [1.165, 1.54) is 12.2 Å². The summed E-state index contributed by atoms with van der Waals surface area (Å²) in [7, 11) is 0. The lowest BCUT2D eigenvalue weighted by Crippen LogP contribution is -2.22. The Morgan fingerprint density at radius 1 is 0.615 bits per heavy atom. The van der Waals surface area contributed by atoms with Crippen LogP contribution in [0.25, 0.3) is 0 Å². The molecule has 0 saturated carbocycles. The topological polar surface area (TPSA) is 79.1 Å². The van der Waals surface area contributed by atoms with E-state index in [1.807, 2.05) is 18.2 Å². The minimum atomic E-state index is -1.41. The predicted octanol–water partition coefficient (Wildman–Crippen LogP) is 3.95. The van der Waals surface area contributed by atoms with Crippen molar-refractivity contribution in [1.82, 2.24) is 0 Å². The lowest BCUT2D eigenvalue weighted by atomic mass is 9.92. The molecule has 0 atom stereocenters. The SMILES string of the molecule is O=C=NC(N=C=O)(c1ccccc1)c1ccccc1.Oc1ccccc1. The second-order valence-corrected chi connectivity index (χ2v) is 5.15. The average molecular weight is 344 g/mol. The molecule has 5 nitrogen and oxygen atoms in total. The molecule has 0 heterocycles. The van der Waals surface area contributed by atoms with Gasteiger partial charge >= 0.3 is 0 Å². The van der Waals surface area contributed by atoms with Gasteiger partial charge in [-0.3, -0.25) is 0 Å². The molecule has 0 spiro atoms. The molecule has 0 aromatic heterocycles. The van der Waals surface area contributed by atoms with Crippen LogP contribution in [0.1, 0.15) is 11.1 Å². The Hall–Kier alpha value is -3.78. The van der Waals surface area contributed by atoms with Gasteiger partial charge in [0.25, 0.3) is 0 Å². The van der Waals surface area contributed by atoms with Crippen molar-refractivity contribution < 1.29 is 14.7 Å². The van der Waals surface area contributed by atoms with Gasteiger partial charge in [-0.05, 0) is 12.1 Å². The monoisotopic (exact) mass is 344 g/mol. The van der Waals surface area contributed by atoms with Crippen molar-refractivity contribution in [2.75, 3.05) is 0 Å². The maximum atomic E-state index is 10.8. The Kier molecular flexibility index (Phi) is 6.78. The molecule has 0 unspecified atom stereocenters. The largest absolute Gasteiger partial charge is 0.508 e. The molecule has 3 rings (SSSR count). The number of carbonyl (C=O) groups excluding carboxylic acids is 2. The molecule has 0 amide bonds. The van der Waals surface area contributed by atoms with Crippen molar-refractivity contribution in [2.24, 2.45) is 9.98 Å². The second kappa shape index (κ2) is 9.50. The Labute approximate surface area is 151 Å². The number of rotatable bonds is 4. The van der Waals surface area contributed by atoms with Crippen molar-refractivity contribution in [3.63, 3.8) is 0 Å². The van der Waals surface area contributed by atoms with E-state index in [0.29, 0.717) is 16.9 Å². The zero-order valence-corrected chi connectivity index (χ0v) is 13.8. The number of benzene rings is 3. The predicted molar refractivity (Wildman–Crippen MR) is 98.0 cm³/mol. The Morgan fingerprint density at radius 2 is 0.962 bits per heavy atom. The number of phenolic OH excluding ortho intramolecular Hbond substituents is 1. The van der Waals surface area contributed by atoms with Gasteiger partial charge in [0, 0.05) is 11.1 Å². The molecule has 3 aromatic carbocycles. The van der Waals surface area contributed by atoms with E-state index < -0.39 is 5.66 Å². The van der Waals surface area contributed by atoms with Gasteiger partial charge in [-0.25, -0.2) is 9.59 Å². The van der Waals surface area contributed by atoms with E-state index in [-0.39, 0.29) is 0 Å². The molecular formula is C21H16N2O3. The molecule has 0 fully saturated rings. The van der Waals surface area contributed by atoms with Crippen LogP contribution < -0.4 is 0 Å². The first kappa shape index (κ1) is 18.6. The van der Waals surface area contributed by atoms with Crippen LogP contribution in [0.15, 0.2) is 101 Å². The van der Waals surface area contributed by atoms with Crippen LogP contribution in [0.4, 0.5) is 0 Å². The van der Waals surface area contributed by atoms with Crippen LogP contribution in [0.2, 0.25) is 0 Å². The molecule has 1 N–H and O–H groups in total. The summed E-state index contributed by atoms with van der Waals surface area (Å²) in [5.74, 6) is 0.322. The molecule has 5 heteroatoms. The number of aliphatic imine (C=N–C) groups is 2. The molecule has 0 aliphatic heterocycles. The summed E-state index contributed by atoms with van der Waals surface area (Å²) in [6.07, 6.45) is 2.99. The first-order chi connectivity index (χ1) is 12.7. The van der Waals surface area contributed by atoms with Gasteiger partial charge in [0.2, 0.25) is 17.8 Å². The maximum absolute atomic E-state index is 10.8. The third-order valence-corrected chi connectivity index (χ3v) is 3.52. The quantitative estimate of drug-likeness (QED) is 0.575.